The number of hydrogen-bond donors (Lipinski definition) is 1. The van der Waals surface area contributed by atoms with Gasteiger partial charge < -0.3 is 4.74 Å². The minimum absolute atomic E-state index is 0.0625. The first kappa shape index (κ1) is 12.6. The Bertz CT molecular complexity index is 248. The number of sulfonamides is 1. The summed E-state index contributed by atoms with van der Waals surface area (Å²) in [7, 11) is -2.06. The zero-order chi connectivity index (χ0) is 10.5. The van der Waals surface area contributed by atoms with Gasteiger partial charge in [0.1, 0.15) is 5.25 Å². The summed E-state index contributed by atoms with van der Waals surface area (Å²) in [6.07, 6.45) is 2.29. The second kappa shape index (κ2) is 5.36. The first-order chi connectivity index (χ1) is 5.93. The lowest BCUT2D eigenvalue weighted by molar-refractivity contribution is 0.182. The van der Waals surface area contributed by atoms with Crippen LogP contribution in [0.1, 0.15) is 13.3 Å². The topological polar surface area (TPSA) is 69.4 Å². The fraction of sp³-hybridized carbons (Fsp3) is 0.750. The molecule has 0 bridgehead atoms. The maximum atomic E-state index is 11.1. The molecule has 4 nitrogen and oxygen atoms in total. The van der Waals surface area contributed by atoms with E-state index in [-0.39, 0.29) is 12.5 Å². The number of hydrogen-bond acceptors (Lipinski definition) is 3. The first-order valence-electron chi connectivity index (χ1n) is 4.05. The van der Waals surface area contributed by atoms with Gasteiger partial charge in [-0.25, -0.2) is 13.6 Å². The minimum Gasteiger partial charge on any atom is -0.383 e. The zero-order valence-corrected chi connectivity index (χ0v) is 8.88. The van der Waals surface area contributed by atoms with Gasteiger partial charge in [0.2, 0.25) is 10.0 Å². The van der Waals surface area contributed by atoms with E-state index in [2.05, 4.69) is 6.58 Å². The smallest absolute Gasteiger partial charge is 0.214 e. The molecule has 78 valence electrons. The van der Waals surface area contributed by atoms with E-state index in [9.17, 15) is 8.42 Å². The van der Waals surface area contributed by atoms with E-state index >= 15 is 0 Å². The lowest BCUT2D eigenvalue weighted by Crippen LogP contribution is -2.37. The zero-order valence-electron chi connectivity index (χ0n) is 8.06. The number of primary sulfonamides is 1. The van der Waals surface area contributed by atoms with Crippen LogP contribution in [-0.2, 0) is 14.8 Å². The number of rotatable bonds is 6. The summed E-state index contributed by atoms with van der Waals surface area (Å²) in [5, 5.41) is 4.41. The molecule has 0 aliphatic heterocycles. The Morgan fingerprint density at radius 3 is 2.46 bits per heavy atom. The molecule has 2 atom stereocenters. The molecule has 0 heterocycles. The monoisotopic (exact) mass is 207 g/mol. The lowest BCUT2D eigenvalue weighted by atomic mass is 10.0. The molecule has 0 unspecified atom stereocenters. The molecule has 0 saturated heterocycles. The summed E-state index contributed by atoms with van der Waals surface area (Å²) in [5.41, 5.74) is 0. The Morgan fingerprint density at radius 2 is 2.15 bits per heavy atom. The van der Waals surface area contributed by atoms with Crippen LogP contribution in [0.4, 0.5) is 0 Å². The predicted octanol–water partition coefficient (Wildman–Crippen LogP) is 0.502. The summed E-state index contributed by atoms with van der Waals surface area (Å²) in [4.78, 5) is 0. The van der Waals surface area contributed by atoms with Gasteiger partial charge in [0, 0.05) is 7.11 Å². The molecular formula is C8H17NO3S. The van der Waals surface area contributed by atoms with Crippen LogP contribution in [0.3, 0.4) is 0 Å². The van der Waals surface area contributed by atoms with Gasteiger partial charge in [-0.05, 0) is 12.3 Å². The summed E-state index contributed by atoms with van der Waals surface area (Å²) >= 11 is 0. The van der Waals surface area contributed by atoms with Crippen molar-refractivity contribution in [3.05, 3.63) is 12.7 Å². The van der Waals surface area contributed by atoms with Crippen LogP contribution in [0.2, 0.25) is 0 Å². The Balaban J connectivity index is 4.50. The van der Waals surface area contributed by atoms with E-state index < -0.39 is 15.3 Å². The lowest BCUT2D eigenvalue weighted by Gasteiger charge is -2.19. The third kappa shape index (κ3) is 4.40. The molecule has 0 radical (unpaired) electrons. The number of allylic oxidation sites excluding steroid dienone is 1. The largest absolute Gasteiger partial charge is 0.383 e. The van der Waals surface area contributed by atoms with Crippen molar-refractivity contribution < 1.29 is 13.2 Å². The molecule has 0 aliphatic rings. The molecule has 0 spiro atoms. The fourth-order valence-corrected chi connectivity index (χ4v) is 2.25. The van der Waals surface area contributed by atoms with Gasteiger partial charge in [0.15, 0.2) is 0 Å². The number of nitrogens with two attached hydrogens (primary N) is 1. The van der Waals surface area contributed by atoms with Crippen molar-refractivity contribution >= 4 is 10.0 Å². The third-order valence-electron chi connectivity index (χ3n) is 1.93. The Hall–Kier alpha value is -0.390. The number of methoxy groups -OCH3 is 1. The molecule has 0 saturated carbocycles. The van der Waals surface area contributed by atoms with Gasteiger partial charge in [-0.2, -0.15) is 0 Å². The van der Waals surface area contributed by atoms with Crippen LogP contribution in [0, 0.1) is 5.92 Å². The van der Waals surface area contributed by atoms with E-state index in [1.807, 2.05) is 6.92 Å². The van der Waals surface area contributed by atoms with Crippen molar-refractivity contribution in [2.45, 2.75) is 18.6 Å². The average molecular weight is 207 g/mol. The molecule has 0 aliphatic carbocycles. The van der Waals surface area contributed by atoms with E-state index in [0.29, 0.717) is 6.42 Å². The van der Waals surface area contributed by atoms with Crippen LogP contribution in [0.5, 0.6) is 0 Å². The van der Waals surface area contributed by atoms with Crippen LogP contribution >= 0.6 is 0 Å². The Morgan fingerprint density at radius 1 is 1.62 bits per heavy atom. The highest BCUT2D eigenvalue weighted by Gasteiger charge is 2.26. The van der Waals surface area contributed by atoms with Gasteiger partial charge in [0.25, 0.3) is 0 Å². The Labute approximate surface area is 79.8 Å². The van der Waals surface area contributed by atoms with Crippen molar-refractivity contribution in [1.82, 2.24) is 0 Å². The maximum Gasteiger partial charge on any atom is 0.214 e. The molecule has 0 aromatic rings. The van der Waals surface area contributed by atoms with Crippen molar-refractivity contribution in [3.63, 3.8) is 0 Å². The van der Waals surface area contributed by atoms with Gasteiger partial charge in [-0.3, -0.25) is 0 Å². The molecule has 0 rings (SSSR count). The average Bonchev–Trinajstić information content (AvgIpc) is 1.98. The molecule has 0 fully saturated rings. The summed E-state index contributed by atoms with van der Waals surface area (Å²) in [5.74, 6) is -0.0625. The van der Waals surface area contributed by atoms with Crippen molar-refractivity contribution in [3.8, 4) is 0 Å². The first-order valence-corrected chi connectivity index (χ1v) is 5.65. The quantitative estimate of drug-likeness (QED) is 0.645. The molecular weight excluding hydrogens is 190 g/mol. The Kier molecular flexibility index (Phi) is 5.20. The summed E-state index contributed by atoms with van der Waals surface area (Å²) in [6, 6.07) is 0. The van der Waals surface area contributed by atoms with E-state index in [0.717, 1.165) is 0 Å². The highest BCUT2D eigenvalue weighted by Crippen LogP contribution is 2.14. The van der Waals surface area contributed by atoms with Gasteiger partial charge >= 0.3 is 0 Å². The molecule has 5 heteroatoms. The second-order valence-electron chi connectivity index (χ2n) is 3.08. The van der Waals surface area contributed by atoms with Gasteiger partial charge in [-0.1, -0.05) is 13.0 Å². The van der Waals surface area contributed by atoms with Crippen LogP contribution in [-0.4, -0.2) is 27.4 Å². The molecule has 0 aromatic heterocycles. The van der Waals surface area contributed by atoms with Gasteiger partial charge in [0.05, 0.1) is 6.61 Å². The highest BCUT2D eigenvalue weighted by atomic mass is 32.2. The SMILES string of the molecule is C=CC[C@H](C)[C@H](COC)S(N)(=O)=O. The molecule has 0 amide bonds. The normalized spacial score (nSPS) is 16.5. The fourth-order valence-electron chi connectivity index (χ4n) is 1.16. The summed E-state index contributed by atoms with van der Waals surface area (Å²) < 4.78 is 27.0. The minimum atomic E-state index is -3.52. The van der Waals surface area contributed by atoms with Gasteiger partial charge in [-0.15, -0.1) is 6.58 Å². The van der Waals surface area contributed by atoms with Crippen LogP contribution < -0.4 is 5.14 Å². The molecule has 2 N–H and O–H groups in total. The van der Waals surface area contributed by atoms with E-state index in [1.54, 1.807) is 6.08 Å². The van der Waals surface area contributed by atoms with Crippen molar-refractivity contribution in [1.29, 1.82) is 0 Å². The standard InChI is InChI=1S/C8H17NO3S/c1-4-5-7(2)8(6-12-3)13(9,10)11/h4,7-8H,1,5-6H2,2-3H3,(H2,9,10,11)/t7-,8-/m0/s1. The summed E-state index contributed by atoms with van der Waals surface area (Å²) in [6.45, 7) is 5.50. The molecule has 13 heavy (non-hydrogen) atoms. The van der Waals surface area contributed by atoms with Crippen LogP contribution in [0.25, 0.3) is 0 Å². The van der Waals surface area contributed by atoms with E-state index in [1.165, 1.54) is 7.11 Å². The highest BCUT2D eigenvalue weighted by molar-refractivity contribution is 7.89. The van der Waals surface area contributed by atoms with Crippen LogP contribution in [0.15, 0.2) is 12.7 Å². The van der Waals surface area contributed by atoms with E-state index in [4.69, 9.17) is 9.88 Å². The maximum absolute atomic E-state index is 11.1. The second-order valence-corrected chi connectivity index (χ2v) is 4.87. The third-order valence-corrected chi connectivity index (χ3v) is 3.37. The number of ether oxygens (including phenoxy) is 1. The predicted molar refractivity (Wildman–Crippen MR) is 52.7 cm³/mol. The molecule has 0 aromatic carbocycles. The van der Waals surface area contributed by atoms with Crippen molar-refractivity contribution in [2.24, 2.45) is 11.1 Å². The van der Waals surface area contributed by atoms with Crippen molar-refractivity contribution in [2.75, 3.05) is 13.7 Å².